The first-order valence-electron chi connectivity index (χ1n) is 1.79. The van der Waals surface area contributed by atoms with Crippen molar-refractivity contribution in [2.24, 2.45) is 0 Å². The Bertz CT molecular complexity index is 23.0. The molecule has 0 aromatic heterocycles. The van der Waals surface area contributed by atoms with E-state index < -0.39 is 0 Å². The van der Waals surface area contributed by atoms with Crippen LogP contribution < -0.4 is 0 Å². The first kappa shape index (κ1) is 9.68. The van der Waals surface area contributed by atoms with Crippen molar-refractivity contribution in [2.45, 2.75) is 0 Å². The van der Waals surface area contributed by atoms with E-state index in [1.54, 1.807) is 0 Å². The van der Waals surface area contributed by atoms with E-state index in [4.69, 9.17) is 0 Å². The fourth-order valence-electron chi connectivity index (χ4n) is 0. The molecule has 0 aliphatic rings. The minimum Gasteiger partial charge on any atom is -0.333 e. The molecule has 0 saturated heterocycles. The molecule has 2 heteroatoms. The Labute approximate surface area is 49.9 Å². The maximum absolute atomic E-state index is 2.12. The summed E-state index contributed by atoms with van der Waals surface area (Å²) in [5.74, 6) is 0. The molecule has 6 heavy (non-hydrogen) atoms. The molecule has 0 radical (unpaired) electrons. The van der Waals surface area contributed by atoms with Crippen LogP contribution in [0.4, 0.5) is 0 Å². The summed E-state index contributed by atoms with van der Waals surface area (Å²) in [6.07, 6.45) is 0. The average molecular weight is 133 g/mol. The zero-order valence-electron chi connectivity index (χ0n) is 4.76. The van der Waals surface area contributed by atoms with E-state index in [1.165, 1.54) is 0 Å². The van der Waals surface area contributed by atoms with E-state index in [1.807, 2.05) is 0 Å². The summed E-state index contributed by atoms with van der Waals surface area (Å²) in [5.41, 5.74) is 0. The van der Waals surface area contributed by atoms with E-state index in [2.05, 4.69) is 28.2 Å². The maximum atomic E-state index is 2.12. The van der Waals surface area contributed by atoms with Crippen LogP contribution in [0.5, 0.6) is 0 Å². The molecular weight excluding hydrogens is 121 g/mol. The maximum Gasteiger partial charge on any atom is 2.00 e. The van der Waals surface area contributed by atoms with Gasteiger partial charge in [0.25, 0.3) is 0 Å². The number of hydrogen-bond donors (Lipinski definition) is 0. The van der Waals surface area contributed by atoms with Crippen LogP contribution in [0.15, 0.2) is 0 Å². The Morgan fingerprint density at radius 2 is 0.833 bits per heavy atom. The predicted octanol–water partition coefficient (Wildman–Crippen LogP) is 0.320. The van der Waals surface area contributed by atoms with E-state index >= 15 is 0 Å². The third-order valence-electron chi connectivity index (χ3n) is 0. The van der Waals surface area contributed by atoms with Gasteiger partial charge >= 0.3 is 16.5 Å². The van der Waals surface area contributed by atoms with Gasteiger partial charge in [-0.2, -0.15) is 0 Å². The summed E-state index contributed by atoms with van der Waals surface area (Å²) in [6.45, 7) is 0. The van der Waals surface area contributed by atoms with E-state index in [9.17, 15) is 0 Å². The van der Waals surface area contributed by atoms with Gasteiger partial charge in [0.05, 0.1) is 28.2 Å². The van der Waals surface area contributed by atoms with Crippen molar-refractivity contribution in [1.82, 2.24) is 0 Å². The van der Waals surface area contributed by atoms with E-state index in [-0.39, 0.29) is 16.5 Å². The van der Waals surface area contributed by atoms with Gasteiger partial charge in [0.15, 0.2) is 0 Å². The molecule has 0 aromatic rings. The Morgan fingerprint density at radius 1 is 0.833 bits per heavy atom. The minimum atomic E-state index is 0. The number of hydrogen-bond acceptors (Lipinski definition) is 0. The van der Waals surface area contributed by atoms with Crippen molar-refractivity contribution in [1.29, 1.82) is 0 Å². The van der Waals surface area contributed by atoms with Crippen LogP contribution in [0.2, 0.25) is 0 Å². The molecular formula is C4H12NNi+3. The molecule has 0 N–H and O–H groups in total. The number of nitrogens with zero attached hydrogens (tertiary/aromatic N) is 1. The van der Waals surface area contributed by atoms with Crippen LogP contribution in [0.3, 0.4) is 0 Å². The summed E-state index contributed by atoms with van der Waals surface area (Å²) in [5, 5.41) is 0. The molecule has 0 saturated carbocycles. The van der Waals surface area contributed by atoms with Gasteiger partial charge in [-0.1, -0.05) is 0 Å². The second-order valence-corrected chi connectivity index (χ2v) is 2.68. The molecule has 0 aliphatic heterocycles. The molecule has 0 atom stereocenters. The molecule has 0 bridgehead atoms. The summed E-state index contributed by atoms with van der Waals surface area (Å²) < 4.78 is 1.00. The quantitative estimate of drug-likeness (QED) is 0.329. The number of quaternary nitrogens is 1. The van der Waals surface area contributed by atoms with Crippen molar-refractivity contribution < 1.29 is 21.0 Å². The van der Waals surface area contributed by atoms with Gasteiger partial charge in [0.1, 0.15) is 0 Å². The summed E-state index contributed by atoms with van der Waals surface area (Å²) in [4.78, 5) is 0. The fraction of sp³-hybridized carbons (Fsp3) is 1.00. The van der Waals surface area contributed by atoms with Gasteiger partial charge in [-0.15, -0.1) is 0 Å². The third-order valence-corrected chi connectivity index (χ3v) is 0. The molecule has 0 spiro atoms. The van der Waals surface area contributed by atoms with Crippen LogP contribution in [-0.2, 0) is 16.5 Å². The van der Waals surface area contributed by atoms with Crippen LogP contribution in [0.1, 0.15) is 0 Å². The van der Waals surface area contributed by atoms with Crippen LogP contribution >= 0.6 is 0 Å². The van der Waals surface area contributed by atoms with Gasteiger partial charge in [-0.3, -0.25) is 0 Å². The second-order valence-electron chi connectivity index (χ2n) is 2.68. The molecule has 1 nitrogen and oxygen atoms in total. The smallest absolute Gasteiger partial charge is 0.333 e. The van der Waals surface area contributed by atoms with Crippen molar-refractivity contribution >= 4 is 0 Å². The van der Waals surface area contributed by atoms with Crippen LogP contribution in [0.25, 0.3) is 0 Å². The summed E-state index contributed by atoms with van der Waals surface area (Å²) >= 11 is 0. The normalized spacial score (nSPS) is 10.0. The van der Waals surface area contributed by atoms with Crippen molar-refractivity contribution in [3.05, 3.63) is 0 Å². The van der Waals surface area contributed by atoms with Gasteiger partial charge in [0.2, 0.25) is 0 Å². The Balaban J connectivity index is 0. The van der Waals surface area contributed by atoms with Gasteiger partial charge in [-0.05, 0) is 0 Å². The molecule has 0 aromatic carbocycles. The monoisotopic (exact) mass is 132 g/mol. The molecule has 0 aliphatic carbocycles. The van der Waals surface area contributed by atoms with Gasteiger partial charge < -0.3 is 4.48 Å². The molecule has 0 heterocycles. The van der Waals surface area contributed by atoms with Gasteiger partial charge in [-0.25, -0.2) is 0 Å². The molecule has 0 fully saturated rings. The van der Waals surface area contributed by atoms with Crippen LogP contribution in [0, 0.1) is 0 Å². The second kappa shape index (κ2) is 2.60. The fourth-order valence-corrected chi connectivity index (χ4v) is 0. The summed E-state index contributed by atoms with van der Waals surface area (Å²) in [7, 11) is 8.50. The Hall–Kier alpha value is 0.454. The average Bonchev–Trinajstić information content (AvgIpc) is 0.722. The number of rotatable bonds is 0. The minimum absolute atomic E-state index is 0. The molecule has 0 amide bonds. The zero-order valence-corrected chi connectivity index (χ0v) is 5.75. The molecule has 40 valence electrons. The standard InChI is InChI=1S/C4H12N.Ni/c1-5(2,3)4;/h1-4H3;/q+1;+2. The Morgan fingerprint density at radius 3 is 0.833 bits per heavy atom. The van der Waals surface area contributed by atoms with Crippen LogP contribution in [-0.4, -0.2) is 32.7 Å². The zero-order chi connectivity index (χ0) is 4.50. The first-order valence-corrected chi connectivity index (χ1v) is 1.79. The largest absolute Gasteiger partial charge is 2.00 e. The molecule has 0 rings (SSSR count). The predicted molar refractivity (Wildman–Crippen MR) is 24.0 cm³/mol. The third kappa shape index (κ3) is 258. The SMILES string of the molecule is C[N+](C)(C)C.[Ni+2]. The molecule has 0 unspecified atom stereocenters. The van der Waals surface area contributed by atoms with E-state index in [0.29, 0.717) is 0 Å². The van der Waals surface area contributed by atoms with Crippen molar-refractivity contribution in [3.63, 3.8) is 0 Å². The van der Waals surface area contributed by atoms with E-state index in [0.717, 1.165) is 4.48 Å². The van der Waals surface area contributed by atoms with Crippen molar-refractivity contribution in [3.8, 4) is 0 Å². The van der Waals surface area contributed by atoms with Gasteiger partial charge in [0, 0.05) is 0 Å². The topological polar surface area (TPSA) is 0 Å². The van der Waals surface area contributed by atoms with Crippen molar-refractivity contribution in [2.75, 3.05) is 28.2 Å². The summed E-state index contributed by atoms with van der Waals surface area (Å²) in [6, 6.07) is 0. The first-order chi connectivity index (χ1) is 2.00. The Kier molecular flexibility index (Phi) is 4.19.